The molecule has 0 spiro atoms. The van der Waals surface area contributed by atoms with Crippen LogP contribution in [0.5, 0.6) is 0 Å². The summed E-state index contributed by atoms with van der Waals surface area (Å²) in [5.41, 5.74) is 1.55. The average molecular weight is 302 g/mol. The van der Waals surface area contributed by atoms with Gasteiger partial charge in [0.1, 0.15) is 0 Å². The Morgan fingerprint density at radius 3 is 2.52 bits per heavy atom. The van der Waals surface area contributed by atoms with E-state index < -0.39 is 21.3 Å². The number of sulfone groups is 1. The van der Waals surface area contributed by atoms with E-state index in [4.69, 9.17) is 4.74 Å². The van der Waals surface area contributed by atoms with Crippen LogP contribution < -0.4 is 0 Å². The maximum atomic E-state index is 12.7. The van der Waals surface area contributed by atoms with Crippen molar-refractivity contribution in [3.05, 3.63) is 59.9 Å². The van der Waals surface area contributed by atoms with Crippen molar-refractivity contribution < 1.29 is 13.2 Å². The van der Waals surface area contributed by atoms with Gasteiger partial charge in [0.15, 0.2) is 12.5 Å². The molecule has 0 amide bonds. The van der Waals surface area contributed by atoms with Crippen molar-refractivity contribution in [1.82, 2.24) is 4.98 Å². The molecule has 0 saturated heterocycles. The summed E-state index contributed by atoms with van der Waals surface area (Å²) in [5, 5.41) is -1.00. The molecular formula is C15H14N2O3S. The number of aryl methyl sites for hydroxylation is 1. The van der Waals surface area contributed by atoms with Gasteiger partial charge in [-0.15, -0.1) is 0 Å². The summed E-state index contributed by atoms with van der Waals surface area (Å²) < 4.78 is 30.8. The van der Waals surface area contributed by atoms with E-state index in [9.17, 15) is 8.42 Å². The Morgan fingerprint density at radius 1 is 1.10 bits per heavy atom. The largest absolute Gasteiger partial charge is 0.471 e. The molecule has 0 saturated carbocycles. The maximum Gasteiger partial charge on any atom is 0.205 e. The number of rotatable bonds is 3. The molecule has 2 atom stereocenters. The van der Waals surface area contributed by atoms with Crippen LogP contribution in [0.3, 0.4) is 0 Å². The molecule has 0 N–H and O–H groups in total. The van der Waals surface area contributed by atoms with E-state index in [-0.39, 0.29) is 4.90 Å². The number of pyridine rings is 1. The zero-order valence-electron chi connectivity index (χ0n) is 11.4. The van der Waals surface area contributed by atoms with Crippen LogP contribution in [0.15, 0.2) is 58.5 Å². The molecule has 6 heteroatoms. The van der Waals surface area contributed by atoms with Gasteiger partial charge in [-0.3, -0.25) is 4.98 Å². The standard InChI is InChI=1S/C15H14N2O3S/c1-11-5-7-12(8-6-11)21(18,19)15-14(20-10-17-15)13-4-2-3-9-16-13/h2-10,14-15H,1H3. The molecule has 21 heavy (non-hydrogen) atoms. The number of nitrogens with zero attached hydrogens (tertiary/aromatic N) is 2. The highest BCUT2D eigenvalue weighted by Crippen LogP contribution is 2.32. The predicted molar refractivity (Wildman–Crippen MR) is 78.7 cm³/mol. The Morgan fingerprint density at radius 2 is 1.86 bits per heavy atom. The molecule has 1 aromatic carbocycles. The summed E-state index contributed by atoms with van der Waals surface area (Å²) >= 11 is 0. The molecule has 2 aromatic rings. The van der Waals surface area contributed by atoms with Crippen molar-refractivity contribution >= 4 is 16.2 Å². The maximum absolute atomic E-state index is 12.7. The molecule has 2 unspecified atom stereocenters. The predicted octanol–water partition coefficient (Wildman–Crippen LogP) is 2.29. The number of aliphatic imine (C=N–C) groups is 1. The first kappa shape index (κ1) is 13.8. The highest BCUT2D eigenvalue weighted by molar-refractivity contribution is 7.92. The van der Waals surface area contributed by atoms with Crippen LogP contribution in [0, 0.1) is 6.92 Å². The first-order valence-corrected chi connectivity index (χ1v) is 8.02. The fourth-order valence-corrected chi connectivity index (χ4v) is 3.71. The van der Waals surface area contributed by atoms with Gasteiger partial charge < -0.3 is 4.74 Å². The highest BCUT2D eigenvalue weighted by Gasteiger charge is 2.40. The molecule has 108 valence electrons. The monoisotopic (exact) mass is 302 g/mol. The minimum absolute atomic E-state index is 0.238. The van der Waals surface area contributed by atoms with E-state index in [0.29, 0.717) is 5.69 Å². The first-order valence-electron chi connectivity index (χ1n) is 6.47. The van der Waals surface area contributed by atoms with Crippen LogP contribution in [0.25, 0.3) is 0 Å². The zero-order valence-corrected chi connectivity index (χ0v) is 12.2. The normalized spacial score (nSPS) is 21.2. The molecule has 3 rings (SSSR count). The summed E-state index contributed by atoms with van der Waals surface area (Å²) in [7, 11) is -3.62. The second-order valence-corrected chi connectivity index (χ2v) is 6.86. The second-order valence-electron chi connectivity index (χ2n) is 4.81. The Labute approximate surface area is 123 Å². The van der Waals surface area contributed by atoms with Crippen molar-refractivity contribution in [3.63, 3.8) is 0 Å². The Hall–Kier alpha value is -2.21. The van der Waals surface area contributed by atoms with Crippen molar-refractivity contribution in [2.45, 2.75) is 23.3 Å². The van der Waals surface area contributed by atoms with Crippen LogP contribution in [0.1, 0.15) is 17.4 Å². The van der Waals surface area contributed by atoms with E-state index in [1.165, 1.54) is 6.40 Å². The van der Waals surface area contributed by atoms with E-state index in [1.807, 2.05) is 6.92 Å². The Balaban J connectivity index is 1.98. The number of hydrogen-bond donors (Lipinski definition) is 0. The molecule has 1 aromatic heterocycles. The number of aromatic nitrogens is 1. The smallest absolute Gasteiger partial charge is 0.205 e. The SMILES string of the molecule is Cc1ccc(S(=O)(=O)C2N=COC2c2ccccn2)cc1. The van der Waals surface area contributed by atoms with E-state index in [0.717, 1.165) is 5.56 Å². The zero-order chi connectivity index (χ0) is 14.9. The summed E-state index contributed by atoms with van der Waals surface area (Å²) in [4.78, 5) is 8.39. The molecule has 5 nitrogen and oxygen atoms in total. The van der Waals surface area contributed by atoms with E-state index in [2.05, 4.69) is 9.98 Å². The van der Waals surface area contributed by atoms with Crippen LogP contribution in [-0.4, -0.2) is 25.2 Å². The topological polar surface area (TPSA) is 68.6 Å². The van der Waals surface area contributed by atoms with Crippen molar-refractivity contribution in [3.8, 4) is 0 Å². The van der Waals surface area contributed by atoms with E-state index in [1.54, 1.807) is 48.7 Å². The van der Waals surface area contributed by atoms with Crippen molar-refractivity contribution in [1.29, 1.82) is 0 Å². The fraction of sp³-hybridized carbons (Fsp3) is 0.200. The lowest BCUT2D eigenvalue weighted by atomic mass is 10.2. The summed E-state index contributed by atoms with van der Waals surface area (Å²) in [6, 6.07) is 12.0. The molecule has 1 aliphatic rings. The third-order valence-corrected chi connectivity index (χ3v) is 5.25. The van der Waals surface area contributed by atoms with Gasteiger partial charge in [-0.05, 0) is 31.2 Å². The van der Waals surface area contributed by atoms with Crippen LogP contribution >= 0.6 is 0 Å². The van der Waals surface area contributed by atoms with Crippen molar-refractivity contribution in [2.75, 3.05) is 0 Å². The lowest BCUT2D eigenvalue weighted by Gasteiger charge is -2.17. The third-order valence-electron chi connectivity index (χ3n) is 3.32. The molecule has 0 bridgehead atoms. The molecule has 1 aliphatic heterocycles. The van der Waals surface area contributed by atoms with Crippen LogP contribution in [0.2, 0.25) is 0 Å². The molecule has 0 radical (unpaired) electrons. The van der Waals surface area contributed by atoms with Gasteiger partial charge in [0, 0.05) is 6.20 Å². The molecule has 0 fully saturated rings. The summed E-state index contributed by atoms with van der Waals surface area (Å²) in [6.45, 7) is 1.91. The summed E-state index contributed by atoms with van der Waals surface area (Å²) in [5.74, 6) is 0. The van der Waals surface area contributed by atoms with Gasteiger partial charge in [0.05, 0.1) is 10.6 Å². The van der Waals surface area contributed by atoms with Gasteiger partial charge in [-0.2, -0.15) is 0 Å². The van der Waals surface area contributed by atoms with Crippen LogP contribution in [-0.2, 0) is 14.6 Å². The minimum Gasteiger partial charge on any atom is -0.471 e. The second kappa shape index (κ2) is 5.29. The molecule has 2 heterocycles. The molecule has 0 aliphatic carbocycles. The Kier molecular flexibility index (Phi) is 3.47. The first-order chi connectivity index (χ1) is 10.1. The quantitative estimate of drug-likeness (QED) is 0.872. The Bertz CT molecular complexity index is 755. The average Bonchev–Trinajstić information content (AvgIpc) is 2.99. The minimum atomic E-state index is -3.62. The van der Waals surface area contributed by atoms with Gasteiger partial charge >= 0.3 is 0 Å². The lowest BCUT2D eigenvalue weighted by molar-refractivity contribution is 0.222. The van der Waals surface area contributed by atoms with Crippen LogP contribution in [0.4, 0.5) is 0 Å². The number of ether oxygens (including phenoxy) is 1. The van der Waals surface area contributed by atoms with Gasteiger partial charge in [0.2, 0.25) is 15.2 Å². The van der Waals surface area contributed by atoms with Gasteiger partial charge in [-0.25, -0.2) is 13.4 Å². The number of benzene rings is 1. The van der Waals surface area contributed by atoms with Gasteiger partial charge in [-0.1, -0.05) is 23.8 Å². The number of hydrogen-bond acceptors (Lipinski definition) is 5. The third kappa shape index (κ3) is 2.54. The summed E-state index contributed by atoms with van der Waals surface area (Å²) in [6.07, 6.45) is 2.08. The molecular weight excluding hydrogens is 288 g/mol. The van der Waals surface area contributed by atoms with Gasteiger partial charge in [0.25, 0.3) is 0 Å². The highest BCUT2D eigenvalue weighted by atomic mass is 32.2. The van der Waals surface area contributed by atoms with Crippen molar-refractivity contribution in [2.24, 2.45) is 4.99 Å². The van der Waals surface area contributed by atoms with E-state index >= 15 is 0 Å². The lowest BCUT2D eigenvalue weighted by Crippen LogP contribution is -2.25. The fourth-order valence-electron chi connectivity index (χ4n) is 2.18.